The van der Waals surface area contributed by atoms with Crippen molar-refractivity contribution < 1.29 is 0 Å². The molecule has 0 aliphatic heterocycles. The predicted octanol–water partition coefficient (Wildman–Crippen LogP) is 5.43. The molecule has 0 aliphatic rings. The first-order chi connectivity index (χ1) is 9.24. The number of benzene rings is 2. The lowest BCUT2D eigenvalue weighted by atomic mass is 10.2. The summed E-state index contributed by atoms with van der Waals surface area (Å²) in [5.41, 5.74) is 7.76. The van der Waals surface area contributed by atoms with Crippen molar-refractivity contribution in [1.82, 2.24) is 0 Å². The van der Waals surface area contributed by atoms with Crippen LogP contribution in [0.4, 0.5) is 5.69 Å². The maximum atomic E-state index is 6.19. The van der Waals surface area contributed by atoms with E-state index in [0.717, 1.165) is 15.7 Å². The van der Waals surface area contributed by atoms with Gasteiger partial charge >= 0.3 is 0 Å². The van der Waals surface area contributed by atoms with E-state index >= 15 is 0 Å². The summed E-state index contributed by atoms with van der Waals surface area (Å²) < 4.78 is 1.33. The van der Waals surface area contributed by atoms with Crippen molar-refractivity contribution in [2.45, 2.75) is 10.6 Å². The maximum absolute atomic E-state index is 6.19. The number of nitrogens with two attached hydrogens (primary N) is 1. The smallest absolute Gasteiger partial charge is 0.0562 e. The molecule has 3 rings (SSSR count). The standard InChI is InChI=1S/C15H12ClNS2/c16-13-7-11(17)5-6-15(13)19-9-10-8-18-14-4-2-1-3-12(10)14/h1-8H,9,17H2. The number of nitrogen functional groups attached to an aromatic ring is 1. The van der Waals surface area contributed by atoms with Crippen LogP contribution in [0.1, 0.15) is 5.56 Å². The summed E-state index contributed by atoms with van der Waals surface area (Å²) in [5, 5.41) is 4.29. The van der Waals surface area contributed by atoms with E-state index in [1.54, 1.807) is 29.2 Å². The van der Waals surface area contributed by atoms with Crippen LogP contribution >= 0.6 is 34.7 Å². The molecule has 0 spiro atoms. The minimum atomic E-state index is 0.704. The third kappa shape index (κ3) is 2.73. The lowest BCUT2D eigenvalue weighted by Crippen LogP contribution is -1.85. The summed E-state index contributed by atoms with van der Waals surface area (Å²) in [5.74, 6) is 0.924. The van der Waals surface area contributed by atoms with Gasteiger partial charge in [0.15, 0.2) is 0 Å². The van der Waals surface area contributed by atoms with Gasteiger partial charge in [-0.05, 0) is 40.6 Å². The van der Waals surface area contributed by atoms with Crippen molar-refractivity contribution in [3.63, 3.8) is 0 Å². The topological polar surface area (TPSA) is 26.0 Å². The molecule has 0 saturated carbocycles. The van der Waals surface area contributed by atoms with E-state index in [2.05, 4.69) is 29.6 Å². The van der Waals surface area contributed by atoms with Crippen molar-refractivity contribution in [3.8, 4) is 0 Å². The van der Waals surface area contributed by atoms with Gasteiger partial charge < -0.3 is 5.73 Å². The number of thiophene rings is 1. The minimum Gasteiger partial charge on any atom is -0.399 e. The second-order valence-corrected chi connectivity index (χ2v) is 6.57. The molecule has 0 amide bonds. The van der Waals surface area contributed by atoms with Crippen LogP contribution in [0.3, 0.4) is 0 Å². The lowest BCUT2D eigenvalue weighted by Gasteiger charge is -2.04. The Morgan fingerprint density at radius 3 is 2.84 bits per heavy atom. The summed E-state index contributed by atoms with van der Waals surface area (Å²) in [6, 6.07) is 14.2. The Morgan fingerprint density at radius 1 is 1.16 bits per heavy atom. The van der Waals surface area contributed by atoms with Crippen molar-refractivity contribution >= 4 is 50.5 Å². The molecule has 0 unspecified atom stereocenters. The van der Waals surface area contributed by atoms with Crippen LogP contribution in [0, 0.1) is 0 Å². The summed E-state index contributed by atoms with van der Waals surface area (Å²) in [4.78, 5) is 1.08. The Morgan fingerprint density at radius 2 is 2.00 bits per heavy atom. The van der Waals surface area contributed by atoms with E-state index in [0.29, 0.717) is 5.69 Å². The van der Waals surface area contributed by atoms with Crippen LogP contribution < -0.4 is 5.73 Å². The molecule has 1 heterocycles. The molecule has 96 valence electrons. The number of hydrogen-bond acceptors (Lipinski definition) is 3. The molecule has 0 fully saturated rings. The van der Waals surface area contributed by atoms with Crippen LogP contribution in [0.5, 0.6) is 0 Å². The summed E-state index contributed by atoms with van der Waals surface area (Å²) in [6.45, 7) is 0. The van der Waals surface area contributed by atoms with E-state index < -0.39 is 0 Å². The fourth-order valence-electron chi connectivity index (χ4n) is 1.93. The highest BCUT2D eigenvalue weighted by Crippen LogP contribution is 2.34. The van der Waals surface area contributed by atoms with Crippen LogP contribution in [0.2, 0.25) is 5.02 Å². The molecular weight excluding hydrogens is 294 g/mol. The first-order valence-corrected chi connectivity index (χ1v) is 8.11. The Balaban J connectivity index is 1.82. The average molecular weight is 306 g/mol. The van der Waals surface area contributed by atoms with Crippen molar-refractivity contribution in [3.05, 3.63) is 58.4 Å². The largest absolute Gasteiger partial charge is 0.399 e. The highest BCUT2D eigenvalue weighted by atomic mass is 35.5. The van der Waals surface area contributed by atoms with E-state index in [9.17, 15) is 0 Å². The van der Waals surface area contributed by atoms with Gasteiger partial charge in [-0.1, -0.05) is 29.8 Å². The van der Waals surface area contributed by atoms with Crippen molar-refractivity contribution in [2.24, 2.45) is 0 Å². The van der Waals surface area contributed by atoms with E-state index in [1.807, 2.05) is 12.1 Å². The molecular formula is C15H12ClNS2. The van der Waals surface area contributed by atoms with Gasteiger partial charge in [-0.15, -0.1) is 23.1 Å². The number of halogens is 1. The van der Waals surface area contributed by atoms with E-state index in [-0.39, 0.29) is 0 Å². The van der Waals surface area contributed by atoms with Crippen LogP contribution in [0.15, 0.2) is 52.7 Å². The highest BCUT2D eigenvalue weighted by molar-refractivity contribution is 7.98. The predicted molar refractivity (Wildman–Crippen MR) is 87.3 cm³/mol. The number of hydrogen-bond donors (Lipinski definition) is 1. The van der Waals surface area contributed by atoms with Gasteiger partial charge in [0.1, 0.15) is 0 Å². The molecule has 1 aromatic heterocycles. The molecule has 1 nitrogen and oxygen atoms in total. The molecule has 0 bridgehead atoms. The monoisotopic (exact) mass is 305 g/mol. The fraction of sp³-hybridized carbons (Fsp3) is 0.0667. The molecule has 2 N–H and O–H groups in total. The molecule has 2 aromatic carbocycles. The first-order valence-electron chi connectivity index (χ1n) is 5.87. The third-order valence-corrected chi connectivity index (χ3v) is 5.46. The van der Waals surface area contributed by atoms with Crippen molar-refractivity contribution in [2.75, 3.05) is 5.73 Å². The van der Waals surface area contributed by atoms with Crippen LogP contribution in [-0.4, -0.2) is 0 Å². The maximum Gasteiger partial charge on any atom is 0.0562 e. The summed E-state index contributed by atoms with van der Waals surface area (Å²) in [6.07, 6.45) is 0. The molecule has 3 aromatic rings. The Bertz CT molecular complexity index is 721. The van der Waals surface area contributed by atoms with E-state index in [4.69, 9.17) is 17.3 Å². The molecule has 4 heteroatoms. The molecule has 0 atom stereocenters. The zero-order valence-corrected chi connectivity index (χ0v) is 12.5. The SMILES string of the molecule is Nc1ccc(SCc2csc3ccccc23)c(Cl)c1. The normalized spacial score (nSPS) is 11.0. The summed E-state index contributed by atoms with van der Waals surface area (Å²) >= 11 is 9.73. The average Bonchev–Trinajstić information content (AvgIpc) is 2.81. The van der Waals surface area contributed by atoms with Gasteiger partial charge in [-0.25, -0.2) is 0 Å². The minimum absolute atomic E-state index is 0.704. The molecule has 0 saturated heterocycles. The molecule has 0 aliphatic carbocycles. The van der Waals surface area contributed by atoms with Crippen LogP contribution in [-0.2, 0) is 5.75 Å². The zero-order valence-electron chi connectivity index (χ0n) is 10.1. The first kappa shape index (κ1) is 12.9. The highest BCUT2D eigenvalue weighted by Gasteiger charge is 2.06. The van der Waals surface area contributed by atoms with Gasteiger partial charge in [0.2, 0.25) is 0 Å². The Labute approximate surface area is 125 Å². The number of anilines is 1. The zero-order chi connectivity index (χ0) is 13.2. The fourth-order valence-corrected chi connectivity index (χ4v) is 4.27. The van der Waals surface area contributed by atoms with Gasteiger partial charge in [-0.3, -0.25) is 0 Å². The van der Waals surface area contributed by atoms with Crippen molar-refractivity contribution in [1.29, 1.82) is 0 Å². The lowest BCUT2D eigenvalue weighted by molar-refractivity contribution is 1.42. The van der Waals surface area contributed by atoms with Gasteiger partial charge in [0, 0.05) is 21.0 Å². The van der Waals surface area contributed by atoms with Gasteiger partial charge in [0.25, 0.3) is 0 Å². The molecule has 19 heavy (non-hydrogen) atoms. The third-order valence-electron chi connectivity index (χ3n) is 2.90. The Kier molecular flexibility index (Phi) is 3.69. The summed E-state index contributed by atoms with van der Waals surface area (Å²) in [7, 11) is 0. The second-order valence-electron chi connectivity index (χ2n) is 4.24. The van der Waals surface area contributed by atoms with Gasteiger partial charge in [0.05, 0.1) is 5.02 Å². The number of thioether (sulfide) groups is 1. The number of fused-ring (bicyclic) bond motifs is 1. The quantitative estimate of drug-likeness (QED) is 0.516. The van der Waals surface area contributed by atoms with Crippen LogP contribution in [0.25, 0.3) is 10.1 Å². The number of rotatable bonds is 3. The second kappa shape index (κ2) is 5.45. The van der Waals surface area contributed by atoms with E-state index in [1.165, 1.54) is 15.6 Å². The molecule has 0 radical (unpaired) electrons. The Hall–Kier alpha value is -1.16. The van der Waals surface area contributed by atoms with Gasteiger partial charge in [-0.2, -0.15) is 0 Å².